The number of aromatic nitrogens is 3. The van der Waals surface area contributed by atoms with Gasteiger partial charge in [-0.15, -0.1) is 13.2 Å². The average molecular weight is 433 g/mol. The molecule has 0 saturated heterocycles. The fourth-order valence-corrected chi connectivity index (χ4v) is 2.99. The molecule has 1 aromatic heterocycles. The van der Waals surface area contributed by atoms with Gasteiger partial charge in [0.15, 0.2) is 5.16 Å². The van der Waals surface area contributed by atoms with Gasteiger partial charge in [0, 0.05) is 15.6 Å². The minimum atomic E-state index is -4.75. The average Bonchev–Trinajstić information content (AvgIpc) is 2.57. The molecular formula is C16H9Cl2F3N4OS. The predicted octanol–water partition coefficient (Wildman–Crippen LogP) is 5.97. The van der Waals surface area contributed by atoms with Gasteiger partial charge in [-0.05, 0) is 71.9 Å². The zero-order valence-electron chi connectivity index (χ0n) is 13.2. The lowest BCUT2D eigenvalue weighted by Gasteiger charge is -2.10. The molecule has 0 amide bonds. The first-order valence-corrected chi connectivity index (χ1v) is 8.82. The van der Waals surface area contributed by atoms with Gasteiger partial charge >= 0.3 is 6.36 Å². The van der Waals surface area contributed by atoms with E-state index >= 15 is 0 Å². The molecule has 3 rings (SSSR count). The number of halogens is 5. The molecule has 0 radical (unpaired) electrons. The SMILES string of the molecule is FC(F)(F)Oc1ccc(Nc2nc(Cl)nc(Sc3ccc(Cl)cc3)n2)cc1. The van der Waals surface area contributed by atoms with Crippen molar-refractivity contribution in [3.05, 3.63) is 58.8 Å². The Morgan fingerprint density at radius 2 is 1.56 bits per heavy atom. The van der Waals surface area contributed by atoms with E-state index in [2.05, 4.69) is 25.0 Å². The summed E-state index contributed by atoms with van der Waals surface area (Å²) < 4.78 is 40.4. The molecule has 11 heteroatoms. The van der Waals surface area contributed by atoms with Crippen LogP contribution in [0.1, 0.15) is 0 Å². The van der Waals surface area contributed by atoms with Crippen molar-refractivity contribution in [2.45, 2.75) is 16.4 Å². The first-order chi connectivity index (χ1) is 12.8. The maximum absolute atomic E-state index is 12.2. The van der Waals surface area contributed by atoms with Crippen LogP contribution in [0.5, 0.6) is 5.75 Å². The van der Waals surface area contributed by atoms with Crippen LogP contribution in [0, 0.1) is 0 Å². The molecule has 0 aliphatic carbocycles. The highest BCUT2D eigenvalue weighted by Crippen LogP contribution is 2.28. The number of nitrogens with one attached hydrogen (secondary N) is 1. The van der Waals surface area contributed by atoms with Crippen LogP contribution >= 0.6 is 35.0 Å². The van der Waals surface area contributed by atoms with Crippen molar-refractivity contribution >= 4 is 46.6 Å². The molecule has 0 saturated carbocycles. The van der Waals surface area contributed by atoms with E-state index < -0.39 is 6.36 Å². The molecule has 1 N–H and O–H groups in total. The number of ether oxygens (including phenoxy) is 1. The summed E-state index contributed by atoms with van der Waals surface area (Å²) in [4.78, 5) is 13.1. The smallest absolute Gasteiger partial charge is 0.406 e. The van der Waals surface area contributed by atoms with Gasteiger partial charge in [-0.3, -0.25) is 0 Å². The van der Waals surface area contributed by atoms with Gasteiger partial charge in [0.1, 0.15) is 5.75 Å². The Bertz CT molecular complexity index is 924. The topological polar surface area (TPSA) is 59.9 Å². The van der Waals surface area contributed by atoms with Crippen LogP contribution in [0.2, 0.25) is 10.3 Å². The molecule has 0 unspecified atom stereocenters. The van der Waals surface area contributed by atoms with Crippen LogP contribution in [0.15, 0.2) is 58.6 Å². The Kier molecular flexibility index (Phi) is 5.93. The van der Waals surface area contributed by atoms with Crippen LogP contribution < -0.4 is 10.1 Å². The summed E-state index contributed by atoms with van der Waals surface area (Å²) in [5.41, 5.74) is 0.453. The second-order valence-electron chi connectivity index (χ2n) is 4.96. The third kappa shape index (κ3) is 6.16. The minimum Gasteiger partial charge on any atom is -0.406 e. The lowest BCUT2D eigenvalue weighted by Crippen LogP contribution is -2.17. The first kappa shape index (κ1) is 19.5. The Labute approximate surface area is 165 Å². The molecule has 0 aliphatic rings. The predicted molar refractivity (Wildman–Crippen MR) is 96.8 cm³/mol. The van der Waals surface area contributed by atoms with Crippen molar-refractivity contribution in [3.63, 3.8) is 0 Å². The van der Waals surface area contributed by atoms with Gasteiger partial charge < -0.3 is 10.1 Å². The number of benzene rings is 2. The molecule has 3 aromatic rings. The molecule has 27 heavy (non-hydrogen) atoms. The lowest BCUT2D eigenvalue weighted by atomic mass is 10.3. The van der Waals surface area contributed by atoms with Gasteiger partial charge in [0.25, 0.3) is 0 Å². The molecule has 2 aromatic carbocycles. The van der Waals surface area contributed by atoms with E-state index in [1.54, 1.807) is 24.3 Å². The van der Waals surface area contributed by atoms with Crippen molar-refractivity contribution < 1.29 is 17.9 Å². The Balaban J connectivity index is 1.73. The van der Waals surface area contributed by atoms with Gasteiger partial charge in [-0.1, -0.05) is 11.6 Å². The monoisotopic (exact) mass is 432 g/mol. The minimum absolute atomic E-state index is 0.0269. The Hall–Kier alpha value is -2.23. The maximum atomic E-state index is 12.2. The summed E-state index contributed by atoms with van der Waals surface area (Å²) in [5.74, 6) is -0.184. The van der Waals surface area contributed by atoms with Gasteiger partial charge in [0.05, 0.1) is 0 Å². The molecular weight excluding hydrogens is 424 g/mol. The van der Waals surface area contributed by atoms with E-state index in [1.807, 2.05) is 0 Å². The molecule has 0 aliphatic heterocycles. The molecule has 0 fully saturated rings. The van der Waals surface area contributed by atoms with E-state index in [1.165, 1.54) is 36.0 Å². The van der Waals surface area contributed by atoms with Gasteiger partial charge in [-0.25, -0.2) is 0 Å². The fourth-order valence-electron chi connectivity index (χ4n) is 1.91. The van der Waals surface area contributed by atoms with E-state index in [9.17, 15) is 13.2 Å². The molecule has 0 spiro atoms. The third-order valence-corrected chi connectivity index (χ3v) is 4.25. The second-order valence-corrected chi connectivity index (χ2v) is 6.78. The number of alkyl halides is 3. The van der Waals surface area contributed by atoms with Crippen molar-refractivity contribution in [3.8, 4) is 5.75 Å². The summed E-state index contributed by atoms with van der Waals surface area (Å²) in [6.45, 7) is 0. The normalized spacial score (nSPS) is 11.3. The standard InChI is InChI=1S/C16H9Cl2F3N4OS/c17-9-1-7-12(8-2-9)27-15-24-13(18)23-14(25-15)22-10-3-5-11(6-4-10)26-16(19,20)21/h1-8H,(H,22,23,24,25). The largest absolute Gasteiger partial charge is 0.573 e. The molecule has 0 bridgehead atoms. The number of hydrogen-bond acceptors (Lipinski definition) is 6. The third-order valence-electron chi connectivity index (χ3n) is 2.95. The molecule has 140 valence electrons. The number of anilines is 2. The van der Waals surface area contributed by atoms with Crippen LogP contribution in [-0.4, -0.2) is 21.3 Å². The second kappa shape index (κ2) is 8.20. The lowest BCUT2D eigenvalue weighted by molar-refractivity contribution is -0.274. The highest BCUT2D eigenvalue weighted by molar-refractivity contribution is 7.99. The fraction of sp³-hybridized carbons (Fsp3) is 0.0625. The Morgan fingerprint density at radius 3 is 2.19 bits per heavy atom. The van der Waals surface area contributed by atoms with Crippen molar-refractivity contribution in [1.29, 1.82) is 0 Å². The van der Waals surface area contributed by atoms with Gasteiger partial charge in [0.2, 0.25) is 11.2 Å². The van der Waals surface area contributed by atoms with Crippen molar-refractivity contribution in [2.75, 3.05) is 5.32 Å². The summed E-state index contributed by atoms with van der Waals surface area (Å²) in [5, 5.41) is 3.77. The summed E-state index contributed by atoms with van der Waals surface area (Å²) >= 11 is 13.0. The summed E-state index contributed by atoms with van der Waals surface area (Å²) in [6.07, 6.45) is -4.75. The zero-order chi connectivity index (χ0) is 19.4. The first-order valence-electron chi connectivity index (χ1n) is 7.25. The summed E-state index contributed by atoms with van der Waals surface area (Å²) in [6, 6.07) is 12.2. The van der Waals surface area contributed by atoms with E-state index in [-0.39, 0.29) is 17.0 Å². The van der Waals surface area contributed by atoms with E-state index in [4.69, 9.17) is 23.2 Å². The van der Waals surface area contributed by atoms with Gasteiger partial charge in [-0.2, -0.15) is 15.0 Å². The van der Waals surface area contributed by atoms with Crippen LogP contribution in [0.4, 0.5) is 24.8 Å². The number of nitrogens with zero attached hydrogens (tertiary/aromatic N) is 3. The zero-order valence-corrected chi connectivity index (χ0v) is 15.5. The number of hydrogen-bond donors (Lipinski definition) is 1. The van der Waals surface area contributed by atoms with Crippen molar-refractivity contribution in [2.24, 2.45) is 0 Å². The van der Waals surface area contributed by atoms with Crippen LogP contribution in [-0.2, 0) is 0 Å². The van der Waals surface area contributed by atoms with Crippen LogP contribution in [0.25, 0.3) is 0 Å². The van der Waals surface area contributed by atoms with Crippen LogP contribution in [0.3, 0.4) is 0 Å². The maximum Gasteiger partial charge on any atom is 0.573 e. The van der Waals surface area contributed by atoms with E-state index in [0.717, 1.165) is 4.90 Å². The number of rotatable bonds is 5. The van der Waals surface area contributed by atoms with E-state index in [0.29, 0.717) is 15.9 Å². The highest BCUT2D eigenvalue weighted by Gasteiger charge is 2.30. The molecule has 0 atom stereocenters. The molecule has 5 nitrogen and oxygen atoms in total. The summed E-state index contributed by atoms with van der Waals surface area (Å²) in [7, 11) is 0. The quantitative estimate of drug-likeness (QED) is 0.535. The molecule has 1 heterocycles. The highest BCUT2D eigenvalue weighted by atomic mass is 35.5. The van der Waals surface area contributed by atoms with Crippen molar-refractivity contribution in [1.82, 2.24) is 15.0 Å². The Morgan fingerprint density at radius 1 is 0.889 bits per heavy atom.